The van der Waals surface area contributed by atoms with Gasteiger partial charge in [-0.3, -0.25) is 0 Å². The molecule has 0 radical (unpaired) electrons. The van der Waals surface area contributed by atoms with Gasteiger partial charge in [0.1, 0.15) is 5.75 Å². The lowest BCUT2D eigenvalue weighted by Gasteiger charge is -2.32. The van der Waals surface area contributed by atoms with Crippen LogP contribution in [0.15, 0.2) is 30.3 Å². The molecular weight excluding hydrogens is 288 g/mol. The zero-order valence-electron chi connectivity index (χ0n) is 14.4. The Kier molecular flexibility index (Phi) is 7.59. The van der Waals surface area contributed by atoms with Gasteiger partial charge in [0.2, 0.25) is 0 Å². The second kappa shape index (κ2) is 9.71. The van der Waals surface area contributed by atoms with Crippen molar-refractivity contribution in [1.29, 1.82) is 0 Å². The van der Waals surface area contributed by atoms with Crippen LogP contribution in [0.25, 0.3) is 6.08 Å². The second-order valence-corrected chi connectivity index (χ2v) is 6.40. The van der Waals surface area contributed by atoms with E-state index in [-0.39, 0.29) is 6.10 Å². The van der Waals surface area contributed by atoms with Crippen LogP contribution >= 0.6 is 0 Å². The Morgan fingerprint density at radius 3 is 2.78 bits per heavy atom. The summed E-state index contributed by atoms with van der Waals surface area (Å²) in [5, 5.41) is 13.0. The van der Waals surface area contributed by atoms with Crippen molar-refractivity contribution in [1.82, 2.24) is 10.2 Å². The van der Waals surface area contributed by atoms with E-state index in [1.807, 2.05) is 25.1 Å². The minimum atomic E-state index is -0.218. The molecule has 128 valence electrons. The number of hydrogen-bond donors (Lipinski definition) is 2. The predicted octanol–water partition coefficient (Wildman–Crippen LogP) is 2.39. The fourth-order valence-corrected chi connectivity index (χ4v) is 3.11. The van der Waals surface area contributed by atoms with Crippen molar-refractivity contribution in [2.24, 2.45) is 5.92 Å². The van der Waals surface area contributed by atoms with E-state index >= 15 is 0 Å². The molecule has 4 heteroatoms. The largest absolute Gasteiger partial charge is 0.496 e. The van der Waals surface area contributed by atoms with Crippen molar-refractivity contribution in [3.05, 3.63) is 35.9 Å². The number of aliphatic hydroxyl groups is 1. The minimum Gasteiger partial charge on any atom is -0.496 e. The lowest BCUT2D eigenvalue weighted by atomic mass is 9.96. The molecule has 1 aromatic rings. The molecule has 1 fully saturated rings. The van der Waals surface area contributed by atoms with Crippen LogP contribution in [0.1, 0.15) is 25.3 Å². The predicted molar refractivity (Wildman–Crippen MR) is 95.7 cm³/mol. The lowest BCUT2D eigenvalue weighted by Crippen LogP contribution is -2.40. The van der Waals surface area contributed by atoms with Crippen LogP contribution < -0.4 is 10.1 Å². The summed E-state index contributed by atoms with van der Waals surface area (Å²) in [4.78, 5) is 2.36. The van der Waals surface area contributed by atoms with Crippen LogP contribution in [0, 0.1) is 5.92 Å². The average molecular weight is 318 g/mol. The van der Waals surface area contributed by atoms with Gasteiger partial charge in [-0.05, 0) is 51.4 Å². The van der Waals surface area contributed by atoms with Gasteiger partial charge < -0.3 is 20.1 Å². The summed E-state index contributed by atoms with van der Waals surface area (Å²) in [5.74, 6) is 1.66. The van der Waals surface area contributed by atoms with Crippen LogP contribution in [0.3, 0.4) is 0 Å². The summed E-state index contributed by atoms with van der Waals surface area (Å²) in [6.07, 6.45) is 6.48. The number of para-hydroxylation sites is 1. The molecule has 4 nitrogen and oxygen atoms in total. The van der Waals surface area contributed by atoms with Gasteiger partial charge in [-0.25, -0.2) is 0 Å². The van der Waals surface area contributed by atoms with Crippen LogP contribution in [-0.2, 0) is 0 Å². The Labute approximate surface area is 140 Å². The van der Waals surface area contributed by atoms with E-state index in [4.69, 9.17) is 4.74 Å². The maximum atomic E-state index is 9.43. The maximum absolute atomic E-state index is 9.43. The van der Waals surface area contributed by atoms with Gasteiger partial charge in [-0.15, -0.1) is 0 Å². The van der Waals surface area contributed by atoms with Crippen LogP contribution in [0.5, 0.6) is 5.75 Å². The van der Waals surface area contributed by atoms with E-state index in [9.17, 15) is 5.11 Å². The van der Waals surface area contributed by atoms with E-state index < -0.39 is 0 Å². The summed E-state index contributed by atoms with van der Waals surface area (Å²) >= 11 is 0. The molecule has 0 saturated carbocycles. The number of ether oxygens (including phenoxy) is 1. The number of rotatable bonds is 8. The Balaban J connectivity index is 1.63. The minimum absolute atomic E-state index is 0.218. The zero-order chi connectivity index (χ0) is 16.5. The summed E-state index contributed by atoms with van der Waals surface area (Å²) in [7, 11) is 1.70. The Hall–Kier alpha value is -1.36. The molecule has 0 unspecified atom stereocenters. The number of methoxy groups -OCH3 is 1. The molecule has 1 atom stereocenters. The molecule has 0 amide bonds. The maximum Gasteiger partial charge on any atom is 0.126 e. The zero-order valence-corrected chi connectivity index (χ0v) is 14.4. The molecule has 0 aromatic heterocycles. The molecule has 23 heavy (non-hydrogen) atoms. The molecule has 0 spiro atoms. The fourth-order valence-electron chi connectivity index (χ4n) is 3.11. The highest BCUT2D eigenvalue weighted by molar-refractivity contribution is 5.57. The summed E-state index contributed by atoms with van der Waals surface area (Å²) in [5.41, 5.74) is 1.11. The summed E-state index contributed by atoms with van der Waals surface area (Å²) in [6.45, 7) is 6.83. The molecular formula is C19H30N2O2. The van der Waals surface area contributed by atoms with Gasteiger partial charge in [0.05, 0.1) is 13.2 Å². The molecule has 1 saturated heterocycles. The third kappa shape index (κ3) is 6.34. The number of nitrogens with one attached hydrogen (secondary N) is 1. The average Bonchev–Trinajstić information content (AvgIpc) is 2.56. The Morgan fingerprint density at radius 1 is 1.35 bits per heavy atom. The Bertz CT molecular complexity index is 480. The van der Waals surface area contributed by atoms with E-state index in [1.54, 1.807) is 7.11 Å². The first kappa shape index (κ1) is 18.0. The third-order valence-corrected chi connectivity index (χ3v) is 4.36. The number of nitrogens with zero attached hydrogens (tertiary/aromatic N) is 1. The molecule has 1 aliphatic rings. The number of likely N-dealkylation sites (tertiary alicyclic amines) is 1. The second-order valence-electron chi connectivity index (χ2n) is 6.40. The summed E-state index contributed by atoms with van der Waals surface area (Å²) < 4.78 is 5.34. The van der Waals surface area contributed by atoms with E-state index in [2.05, 4.69) is 28.4 Å². The number of piperidine rings is 1. The number of β-amino-alcohol motifs (C(OH)–C–C–N with tert-alkyl or cyclic N) is 1. The van der Waals surface area contributed by atoms with Gasteiger partial charge >= 0.3 is 0 Å². The Morgan fingerprint density at radius 2 is 2.09 bits per heavy atom. The highest BCUT2D eigenvalue weighted by Gasteiger charge is 2.19. The topological polar surface area (TPSA) is 44.7 Å². The molecule has 0 bridgehead atoms. The van der Waals surface area contributed by atoms with Crippen molar-refractivity contribution in [2.75, 3.05) is 39.8 Å². The molecule has 1 heterocycles. The highest BCUT2D eigenvalue weighted by atomic mass is 16.5. The normalized spacial score (nSPS) is 18.4. The molecule has 1 aliphatic heterocycles. The molecule has 2 rings (SSSR count). The highest BCUT2D eigenvalue weighted by Crippen LogP contribution is 2.18. The molecule has 0 aliphatic carbocycles. The third-order valence-electron chi connectivity index (χ3n) is 4.36. The van der Waals surface area contributed by atoms with Crippen LogP contribution in [0.4, 0.5) is 0 Å². The number of benzene rings is 1. The van der Waals surface area contributed by atoms with Crippen molar-refractivity contribution in [2.45, 2.75) is 25.9 Å². The van der Waals surface area contributed by atoms with Gasteiger partial charge in [0, 0.05) is 18.7 Å². The number of aliphatic hydroxyl groups excluding tert-OH is 1. The summed E-state index contributed by atoms with van der Waals surface area (Å²) in [6, 6.07) is 8.05. The smallest absolute Gasteiger partial charge is 0.126 e. The first-order chi connectivity index (χ1) is 11.2. The van der Waals surface area contributed by atoms with Gasteiger partial charge in [0.25, 0.3) is 0 Å². The van der Waals surface area contributed by atoms with Crippen molar-refractivity contribution < 1.29 is 9.84 Å². The first-order valence-corrected chi connectivity index (χ1v) is 8.59. The van der Waals surface area contributed by atoms with E-state index in [0.717, 1.165) is 50.0 Å². The number of hydrogen-bond acceptors (Lipinski definition) is 4. The van der Waals surface area contributed by atoms with Crippen molar-refractivity contribution in [3.63, 3.8) is 0 Å². The molecule has 2 N–H and O–H groups in total. The van der Waals surface area contributed by atoms with E-state index in [1.165, 1.54) is 12.8 Å². The van der Waals surface area contributed by atoms with Crippen molar-refractivity contribution in [3.8, 4) is 5.75 Å². The monoisotopic (exact) mass is 318 g/mol. The molecule has 1 aromatic carbocycles. The first-order valence-electron chi connectivity index (χ1n) is 8.59. The quantitative estimate of drug-likeness (QED) is 0.723. The SMILES string of the molecule is COc1ccccc1/C=C/CNCC1CCN(C[C@@H](C)O)CC1. The lowest BCUT2D eigenvalue weighted by molar-refractivity contribution is 0.100. The van der Waals surface area contributed by atoms with E-state index in [0.29, 0.717) is 0 Å². The standard InChI is InChI=1S/C19H30N2O2/c1-16(22)15-21-12-9-17(10-13-21)14-20-11-5-7-18-6-3-4-8-19(18)23-2/h3-8,16-17,20,22H,9-15H2,1-2H3/b7-5+/t16-/m1/s1. The van der Waals surface area contributed by atoms with Crippen LogP contribution in [-0.4, -0.2) is 55.9 Å². The van der Waals surface area contributed by atoms with Crippen molar-refractivity contribution >= 4 is 6.08 Å². The van der Waals surface area contributed by atoms with Crippen LogP contribution in [0.2, 0.25) is 0 Å². The fraction of sp³-hybridized carbons (Fsp3) is 0.579. The van der Waals surface area contributed by atoms with Gasteiger partial charge in [-0.2, -0.15) is 0 Å². The van der Waals surface area contributed by atoms with Gasteiger partial charge in [0.15, 0.2) is 0 Å². The van der Waals surface area contributed by atoms with Gasteiger partial charge in [-0.1, -0.05) is 30.4 Å².